The Morgan fingerprint density at radius 3 is 2.71 bits per heavy atom. The van der Waals surface area contributed by atoms with Crippen LogP contribution in [0, 0.1) is 23.0 Å². The Labute approximate surface area is 124 Å². The van der Waals surface area contributed by atoms with Crippen LogP contribution >= 0.6 is 0 Å². The van der Waals surface area contributed by atoms with E-state index in [1.165, 1.54) is 12.6 Å². The summed E-state index contributed by atoms with van der Waals surface area (Å²) in [7, 11) is 0. The molecule has 1 saturated carbocycles. The van der Waals surface area contributed by atoms with Gasteiger partial charge in [-0.3, -0.25) is 10.1 Å². The van der Waals surface area contributed by atoms with Crippen molar-refractivity contribution in [3.63, 3.8) is 0 Å². The molecular formula is C15H23N3O3. The van der Waals surface area contributed by atoms with Crippen LogP contribution in [0.1, 0.15) is 44.6 Å². The lowest BCUT2D eigenvalue weighted by Gasteiger charge is -2.36. The van der Waals surface area contributed by atoms with Crippen LogP contribution in [-0.4, -0.2) is 27.2 Å². The summed E-state index contributed by atoms with van der Waals surface area (Å²) < 4.78 is 0. The van der Waals surface area contributed by atoms with Crippen LogP contribution in [0.25, 0.3) is 0 Å². The molecule has 116 valence electrons. The van der Waals surface area contributed by atoms with Gasteiger partial charge in [0.2, 0.25) is 0 Å². The molecular weight excluding hydrogens is 270 g/mol. The second kappa shape index (κ2) is 6.39. The summed E-state index contributed by atoms with van der Waals surface area (Å²) in [6.07, 6.45) is 6.14. The zero-order valence-corrected chi connectivity index (χ0v) is 12.6. The number of anilines is 1. The van der Waals surface area contributed by atoms with Gasteiger partial charge >= 0.3 is 0 Å². The largest absolute Gasteiger partial charge is 0.388 e. The molecule has 0 bridgehead atoms. The maximum atomic E-state index is 10.8. The lowest BCUT2D eigenvalue weighted by molar-refractivity contribution is -0.385. The van der Waals surface area contributed by atoms with Crippen molar-refractivity contribution < 1.29 is 10.0 Å². The number of hydrogen-bond acceptors (Lipinski definition) is 5. The van der Waals surface area contributed by atoms with Gasteiger partial charge in [0.15, 0.2) is 0 Å². The third-order valence-corrected chi connectivity index (χ3v) is 4.49. The van der Waals surface area contributed by atoms with E-state index in [4.69, 9.17) is 0 Å². The highest BCUT2D eigenvalue weighted by Gasteiger charge is 2.32. The molecule has 1 aromatic heterocycles. The van der Waals surface area contributed by atoms with E-state index in [9.17, 15) is 15.2 Å². The topological polar surface area (TPSA) is 88.3 Å². The smallest absolute Gasteiger partial charge is 0.290 e. The van der Waals surface area contributed by atoms with Crippen molar-refractivity contribution in [3.05, 3.63) is 27.9 Å². The molecule has 0 amide bonds. The summed E-state index contributed by atoms with van der Waals surface area (Å²) in [6, 6.07) is 1.65. The Hall–Kier alpha value is -1.69. The summed E-state index contributed by atoms with van der Waals surface area (Å²) in [5.74, 6) is 1.30. The normalized spacial score (nSPS) is 25.6. The number of aromatic nitrogens is 1. The van der Waals surface area contributed by atoms with E-state index in [2.05, 4.69) is 17.2 Å². The summed E-state index contributed by atoms with van der Waals surface area (Å²) in [6.45, 7) is 4.32. The van der Waals surface area contributed by atoms with Crippen molar-refractivity contribution in [2.75, 3.05) is 11.9 Å². The fourth-order valence-electron chi connectivity index (χ4n) is 2.89. The van der Waals surface area contributed by atoms with Gasteiger partial charge in [-0.25, -0.2) is 4.98 Å². The van der Waals surface area contributed by atoms with Crippen LogP contribution in [0.5, 0.6) is 0 Å². The minimum absolute atomic E-state index is 0.0164. The van der Waals surface area contributed by atoms with Crippen molar-refractivity contribution in [2.24, 2.45) is 5.92 Å². The second-order valence-electron chi connectivity index (χ2n) is 6.04. The fraction of sp³-hybridized carbons (Fsp3) is 0.667. The van der Waals surface area contributed by atoms with Gasteiger partial charge in [0.1, 0.15) is 12.0 Å². The van der Waals surface area contributed by atoms with Gasteiger partial charge in [-0.2, -0.15) is 0 Å². The van der Waals surface area contributed by atoms with E-state index in [0.29, 0.717) is 17.9 Å². The van der Waals surface area contributed by atoms with Crippen LogP contribution in [0.4, 0.5) is 11.5 Å². The maximum absolute atomic E-state index is 10.8. The van der Waals surface area contributed by atoms with E-state index >= 15 is 0 Å². The molecule has 6 nitrogen and oxygen atoms in total. The molecule has 1 aromatic rings. The van der Waals surface area contributed by atoms with Gasteiger partial charge in [0.25, 0.3) is 5.69 Å². The van der Waals surface area contributed by atoms with Gasteiger partial charge < -0.3 is 10.4 Å². The van der Waals surface area contributed by atoms with Gasteiger partial charge in [-0.05, 0) is 44.6 Å². The minimum atomic E-state index is -0.691. The number of hydrogen-bond donors (Lipinski definition) is 2. The summed E-state index contributed by atoms with van der Waals surface area (Å²) in [5.41, 5.74) is -0.106. The first-order valence-corrected chi connectivity index (χ1v) is 7.51. The fourth-order valence-corrected chi connectivity index (χ4v) is 2.89. The molecule has 1 aliphatic rings. The van der Waals surface area contributed by atoms with E-state index < -0.39 is 10.5 Å². The monoisotopic (exact) mass is 293 g/mol. The van der Waals surface area contributed by atoms with Crippen LogP contribution < -0.4 is 5.32 Å². The summed E-state index contributed by atoms with van der Waals surface area (Å²) in [4.78, 5) is 14.4. The first kappa shape index (κ1) is 15.7. The van der Waals surface area contributed by atoms with Crippen molar-refractivity contribution >= 4 is 11.5 Å². The highest BCUT2D eigenvalue weighted by atomic mass is 16.6. The molecule has 0 radical (unpaired) electrons. The van der Waals surface area contributed by atoms with E-state index in [-0.39, 0.29) is 5.69 Å². The third-order valence-electron chi connectivity index (χ3n) is 4.49. The number of nitrogens with one attached hydrogen (secondary N) is 1. The van der Waals surface area contributed by atoms with Gasteiger partial charge in [0, 0.05) is 12.1 Å². The minimum Gasteiger partial charge on any atom is -0.388 e. The molecule has 1 fully saturated rings. The zero-order chi connectivity index (χ0) is 15.5. The van der Waals surface area contributed by atoms with Crippen molar-refractivity contribution in [1.82, 2.24) is 4.98 Å². The molecule has 0 spiro atoms. The molecule has 21 heavy (non-hydrogen) atoms. The van der Waals surface area contributed by atoms with Gasteiger partial charge in [-0.15, -0.1) is 0 Å². The predicted octanol–water partition coefficient (Wildman–Crippen LogP) is 3.04. The highest BCUT2D eigenvalue weighted by molar-refractivity contribution is 5.47. The number of nitrogens with zero attached hydrogens (tertiary/aromatic N) is 2. The first-order valence-electron chi connectivity index (χ1n) is 7.51. The quantitative estimate of drug-likeness (QED) is 0.643. The molecule has 0 atom stereocenters. The van der Waals surface area contributed by atoms with Crippen LogP contribution in [0.3, 0.4) is 0 Å². The lowest BCUT2D eigenvalue weighted by atomic mass is 9.78. The average molecular weight is 293 g/mol. The maximum Gasteiger partial charge on any atom is 0.290 e. The molecule has 0 aliphatic heterocycles. The molecule has 1 heterocycles. The zero-order valence-electron chi connectivity index (χ0n) is 12.6. The predicted molar refractivity (Wildman–Crippen MR) is 81.3 cm³/mol. The van der Waals surface area contributed by atoms with E-state index in [1.54, 1.807) is 13.0 Å². The van der Waals surface area contributed by atoms with E-state index in [1.807, 2.05) is 0 Å². The standard InChI is InChI=1S/C15H23N3O3/c1-3-12-4-6-15(19,7-5-12)10-17-14-8-11(2)13(9-16-14)18(20)21/h8-9,12,19H,3-7,10H2,1-2H3,(H,16,17). The van der Waals surface area contributed by atoms with Crippen molar-refractivity contribution in [2.45, 2.75) is 51.6 Å². The molecule has 0 unspecified atom stereocenters. The average Bonchev–Trinajstić information content (AvgIpc) is 2.46. The number of pyridine rings is 1. The second-order valence-corrected chi connectivity index (χ2v) is 6.04. The molecule has 6 heteroatoms. The van der Waals surface area contributed by atoms with Gasteiger partial charge in [-0.1, -0.05) is 13.3 Å². The molecule has 0 saturated heterocycles. The van der Waals surface area contributed by atoms with Crippen LogP contribution in [0.15, 0.2) is 12.3 Å². The number of aliphatic hydroxyl groups is 1. The lowest BCUT2D eigenvalue weighted by Crippen LogP contribution is -2.40. The molecule has 2 rings (SSSR count). The Morgan fingerprint density at radius 1 is 1.52 bits per heavy atom. The number of nitro groups is 1. The third kappa shape index (κ3) is 3.91. The first-order chi connectivity index (χ1) is 9.93. The number of rotatable bonds is 5. The van der Waals surface area contributed by atoms with E-state index in [0.717, 1.165) is 31.6 Å². The Kier molecular flexibility index (Phi) is 4.77. The Balaban J connectivity index is 1.94. The highest BCUT2D eigenvalue weighted by Crippen LogP contribution is 2.33. The summed E-state index contributed by atoms with van der Waals surface area (Å²) in [5, 5.41) is 24.4. The Bertz CT molecular complexity index is 511. The molecule has 1 aliphatic carbocycles. The molecule has 0 aromatic carbocycles. The molecule has 2 N–H and O–H groups in total. The SMILES string of the molecule is CCC1CCC(O)(CNc2cc(C)c([N+](=O)[O-])cn2)CC1. The summed E-state index contributed by atoms with van der Waals surface area (Å²) >= 11 is 0. The van der Waals surface area contributed by atoms with Gasteiger partial charge in [0.05, 0.1) is 10.5 Å². The van der Waals surface area contributed by atoms with Crippen LogP contribution in [-0.2, 0) is 0 Å². The van der Waals surface area contributed by atoms with Crippen LogP contribution in [0.2, 0.25) is 0 Å². The van der Waals surface area contributed by atoms with Crippen molar-refractivity contribution in [3.8, 4) is 0 Å². The van der Waals surface area contributed by atoms with Crippen molar-refractivity contribution in [1.29, 1.82) is 0 Å². The Morgan fingerprint density at radius 2 is 2.19 bits per heavy atom. The number of aryl methyl sites for hydroxylation is 1.